The van der Waals surface area contributed by atoms with E-state index < -0.39 is 10.0 Å². The van der Waals surface area contributed by atoms with E-state index in [0.717, 1.165) is 10.0 Å². The van der Waals surface area contributed by atoms with Crippen LogP contribution in [-0.4, -0.2) is 13.4 Å². The third-order valence-electron chi connectivity index (χ3n) is 2.39. The first-order chi connectivity index (χ1) is 8.49. The van der Waals surface area contributed by atoms with Crippen LogP contribution in [0, 0.1) is 6.92 Å². The lowest BCUT2D eigenvalue weighted by Gasteiger charge is -2.10. The minimum Gasteiger partial charge on any atom is -0.279 e. The van der Waals surface area contributed by atoms with Crippen LogP contribution in [0.25, 0.3) is 0 Å². The lowest BCUT2D eigenvalue weighted by atomic mass is 10.2. The number of pyridine rings is 1. The van der Waals surface area contributed by atoms with Crippen molar-refractivity contribution in [2.24, 2.45) is 0 Å². The van der Waals surface area contributed by atoms with Crippen LogP contribution in [0.15, 0.2) is 52.1 Å². The minimum atomic E-state index is -3.59. The first-order valence-corrected chi connectivity index (χ1v) is 7.46. The Morgan fingerprint density at radius 3 is 2.72 bits per heavy atom. The maximum atomic E-state index is 12.1. The highest BCUT2D eigenvalue weighted by molar-refractivity contribution is 9.10. The highest BCUT2D eigenvalue weighted by atomic mass is 79.9. The molecule has 0 radical (unpaired) electrons. The van der Waals surface area contributed by atoms with E-state index >= 15 is 0 Å². The van der Waals surface area contributed by atoms with Crippen molar-refractivity contribution in [3.05, 3.63) is 52.8 Å². The van der Waals surface area contributed by atoms with E-state index in [1.165, 1.54) is 18.5 Å². The van der Waals surface area contributed by atoms with E-state index in [1.54, 1.807) is 12.1 Å². The normalized spacial score (nSPS) is 11.2. The van der Waals surface area contributed by atoms with Crippen LogP contribution in [-0.2, 0) is 10.0 Å². The Balaban J connectivity index is 2.37. The summed E-state index contributed by atoms with van der Waals surface area (Å²) in [5, 5.41) is 0. The number of nitrogens with one attached hydrogen (secondary N) is 1. The van der Waals surface area contributed by atoms with Gasteiger partial charge in [0.25, 0.3) is 10.0 Å². The second kappa shape index (κ2) is 5.07. The number of sulfonamides is 1. The van der Waals surface area contributed by atoms with Gasteiger partial charge in [0.15, 0.2) is 0 Å². The van der Waals surface area contributed by atoms with Crippen LogP contribution in [0.2, 0.25) is 0 Å². The fourth-order valence-electron chi connectivity index (χ4n) is 1.41. The lowest BCUT2D eigenvalue weighted by molar-refractivity contribution is 0.601. The average Bonchev–Trinajstić information content (AvgIpc) is 2.35. The molecule has 94 valence electrons. The van der Waals surface area contributed by atoms with Crippen LogP contribution in [0.4, 0.5) is 5.69 Å². The summed E-state index contributed by atoms with van der Waals surface area (Å²) < 4.78 is 27.6. The number of aromatic nitrogens is 1. The summed E-state index contributed by atoms with van der Waals surface area (Å²) in [7, 11) is -3.59. The largest absolute Gasteiger partial charge is 0.279 e. The van der Waals surface area contributed by atoms with Gasteiger partial charge in [-0.25, -0.2) is 8.42 Å². The fraction of sp³-hybridized carbons (Fsp3) is 0.0833. The molecule has 18 heavy (non-hydrogen) atoms. The molecule has 1 N–H and O–H groups in total. The number of hydrogen-bond donors (Lipinski definition) is 1. The molecule has 0 saturated heterocycles. The summed E-state index contributed by atoms with van der Waals surface area (Å²) in [6, 6.07) is 8.51. The van der Waals surface area contributed by atoms with Crippen molar-refractivity contribution < 1.29 is 8.42 Å². The Bertz CT molecular complexity index is 657. The SMILES string of the molecule is Cc1ccc(Br)cc1NS(=O)(=O)c1cccnc1. The monoisotopic (exact) mass is 326 g/mol. The molecule has 0 aliphatic rings. The molecule has 1 aromatic carbocycles. The second-order valence-electron chi connectivity index (χ2n) is 3.75. The molecule has 0 bridgehead atoms. The van der Waals surface area contributed by atoms with E-state index in [4.69, 9.17) is 0 Å². The molecular weight excluding hydrogens is 316 g/mol. The molecule has 6 heteroatoms. The first-order valence-electron chi connectivity index (χ1n) is 5.18. The molecule has 0 spiro atoms. The Kier molecular flexibility index (Phi) is 3.68. The Morgan fingerprint density at radius 2 is 2.06 bits per heavy atom. The van der Waals surface area contributed by atoms with Gasteiger partial charge in [0.05, 0.1) is 5.69 Å². The average molecular weight is 327 g/mol. The van der Waals surface area contributed by atoms with Crippen molar-refractivity contribution in [3.8, 4) is 0 Å². The standard InChI is InChI=1S/C12H11BrN2O2S/c1-9-4-5-10(13)7-12(9)15-18(16,17)11-3-2-6-14-8-11/h2-8,15H,1H3. The molecule has 2 aromatic rings. The number of benzene rings is 1. The smallest absolute Gasteiger partial charge is 0.263 e. The Hall–Kier alpha value is -1.40. The van der Waals surface area contributed by atoms with Gasteiger partial charge >= 0.3 is 0 Å². The predicted octanol–water partition coefficient (Wildman–Crippen LogP) is 2.95. The van der Waals surface area contributed by atoms with Gasteiger partial charge in [-0.05, 0) is 36.8 Å². The number of aryl methyl sites for hydroxylation is 1. The molecule has 4 nitrogen and oxygen atoms in total. The number of nitrogens with zero attached hydrogens (tertiary/aromatic N) is 1. The Morgan fingerprint density at radius 1 is 1.28 bits per heavy atom. The van der Waals surface area contributed by atoms with Gasteiger partial charge < -0.3 is 0 Å². The van der Waals surface area contributed by atoms with Crippen molar-refractivity contribution in [1.82, 2.24) is 4.98 Å². The molecule has 0 unspecified atom stereocenters. The van der Waals surface area contributed by atoms with Crippen LogP contribution >= 0.6 is 15.9 Å². The molecule has 2 rings (SSSR count). The zero-order chi connectivity index (χ0) is 13.2. The molecule has 0 saturated carbocycles. The highest BCUT2D eigenvalue weighted by Gasteiger charge is 2.15. The van der Waals surface area contributed by atoms with Gasteiger partial charge in [0, 0.05) is 16.9 Å². The van der Waals surface area contributed by atoms with Crippen molar-refractivity contribution in [1.29, 1.82) is 0 Å². The predicted molar refractivity (Wildman–Crippen MR) is 73.9 cm³/mol. The number of anilines is 1. The summed E-state index contributed by atoms with van der Waals surface area (Å²) in [5.41, 5.74) is 1.40. The van der Waals surface area contributed by atoms with Crippen molar-refractivity contribution >= 4 is 31.6 Å². The zero-order valence-corrected chi connectivity index (χ0v) is 12.0. The summed E-state index contributed by atoms with van der Waals surface area (Å²) in [4.78, 5) is 3.95. The second-order valence-corrected chi connectivity index (χ2v) is 6.35. The third kappa shape index (κ3) is 2.88. The molecule has 0 atom stereocenters. The van der Waals surface area contributed by atoms with Crippen LogP contribution in [0.3, 0.4) is 0 Å². The highest BCUT2D eigenvalue weighted by Crippen LogP contribution is 2.23. The van der Waals surface area contributed by atoms with Crippen LogP contribution in [0.5, 0.6) is 0 Å². The van der Waals surface area contributed by atoms with E-state index in [2.05, 4.69) is 25.6 Å². The summed E-state index contributed by atoms with van der Waals surface area (Å²) >= 11 is 3.31. The molecule has 1 heterocycles. The molecule has 0 aliphatic heterocycles. The maximum Gasteiger partial charge on any atom is 0.263 e. The van der Waals surface area contributed by atoms with E-state index in [1.807, 2.05) is 19.1 Å². The summed E-state index contributed by atoms with van der Waals surface area (Å²) in [6.07, 6.45) is 2.85. The quantitative estimate of drug-likeness (QED) is 0.943. The summed E-state index contributed by atoms with van der Waals surface area (Å²) in [6.45, 7) is 1.84. The van der Waals surface area contributed by atoms with E-state index in [0.29, 0.717) is 5.69 Å². The lowest BCUT2D eigenvalue weighted by Crippen LogP contribution is -2.13. The molecule has 1 aromatic heterocycles. The molecule has 0 amide bonds. The molecular formula is C12H11BrN2O2S. The molecule has 0 aliphatic carbocycles. The fourth-order valence-corrected chi connectivity index (χ4v) is 2.86. The van der Waals surface area contributed by atoms with Crippen molar-refractivity contribution in [2.45, 2.75) is 11.8 Å². The van der Waals surface area contributed by atoms with E-state index in [9.17, 15) is 8.42 Å². The minimum absolute atomic E-state index is 0.143. The number of rotatable bonds is 3. The van der Waals surface area contributed by atoms with Crippen molar-refractivity contribution in [2.75, 3.05) is 4.72 Å². The van der Waals surface area contributed by atoms with Gasteiger partial charge in [-0.2, -0.15) is 0 Å². The molecule has 0 fully saturated rings. The van der Waals surface area contributed by atoms with Crippen LogP contribution < -0.4 is 4.72 Å². The first kappa shape index (κ1) is 13.0. The summed E-state index contributed by atoms with van der Waals surface area (Å²) in [5.74, 6) is 0. The zero-order valence-electron chi connectivity index (χ0n) is 9.59. The van der Waals surface area contributed by atoms with Crippen LogP contribution in [0.1, 0.15) is 5.56 Å². The van der Waals surface area contributed by atoms with Gasteiger partial charge in [0.1, 0.15) is 4.90 Å². The van der Waals surface area contributed by atoms with Gasteiger partial charge in [-0.1, -0.05) is 22.0 Å². The van der Waals surface area contributed by atoms with Crippen molar-refractivity contribution in [3.63, 3.8) is 0 Å². The van der Waals surface area contributed by atoms with Gasteiger partial charge in [0.2, 0.25) is 0 Å². The number of hydrogen-bond acceptors (Lipinski definition) is 3. The maximum absolute atomic E-state index is 12.1. The van der Waals surface area contributed by atoms with Gasteiger partial charge in [-0.15, -0.1) is 0 Å². The number of halogens is 1. The van der Waals surface area contributed by atoms with Gasteiger partial charge in [-0.3, -0.25) is 9.71 Å². The third-order valence-corrected chi connectivity index (χ3v) is 4.23. The van der Waals surface area contributed by atoms with E-state index in [-0.39, 0.29) is 4.90 Å². The topological polar surface area (TPSA) is 59.1 Å². The Labute approximate surface area is 114 Å².